The first-order valence-corrected chi connectivity index (χ1v) is 7.78. The summed E-state index contributed by atoms with van der Waals surface area (Å²) in [5.74, 6) is 0. The molecule has 1 aromatic heterocycles. The molecule has 0 saturated carbocycles. The molecule has 2 nitrogen and oxygen atoms in total. The Morgan fingerprint density at radius 2 is 2.24 bits per heavy atom. The monoisotopic (exact) mass is 318 g/mol. The fourth-order valence-electron chi connectivity index (χ4n) is 2.30. The van der Waals surface area contributed by atoms with Gasteiger partial charge in [-0.25, -0.2) is 0 Å². The van der Waals surface area contributed by atoms with Crippen molar-refractivity contribution in [2.75, 3.05) is 20.1 Å². The Balaban J connectivity index is 2.50. The van der Waals surface area contributed by atoms with Gasteiger partial charge < -0.3 is 10.6 Å². The summed E-state index contributed by atoms with van der Waals surface area (Å²) in [5, 5.41) is 2.21. The summed E-state index contributed by atoms with van der Waals surface area (Å²) in [4.78, 5) is 2.37. The van der Waals surface area contributed by atoms with Crippen molar-refractivity contribution in [3.63, 3.8) is 0 Å². The van der Waals surface area contributed by atoms with Gasteiger partial charge in [0.2, 0.25) is 0 Å². The van der Waals surface area contributed by atoms with Crippen molar-refractivity contribution >= 4 is 27.3 Å². The highest BCUT2D eigenvalue weighted by molar-refractivity contribution is 9.11. The number of rotatable bonds is 7. The summed E-state index contributed by atoms with van der Waals surface area (Å²) in [6.45, 7) is 7.34. The number of hydrogen-bond acceptors (Lipinski definition) is 3. The van der Waals surface area contributed by atoms with Crippen molar-refractivity contribution in [1.82, 2.24) is 4.90 Å². The smallest absolute Gasteiger partial charge is 0.0701 e. The first kappa shape index (κ1) is 15.2. The van der Waals surface area contributed by atoms with Gasteiger partial charge in [-0.15, -0.1) is 11.3 Å². The molecule has 0 aliphatic heterocycles. The van der Waals surface area contributed by atoms with Gasteiger partial charge >= 0.3 is 0 Å². The minimum atomic E-state index is 0.247. The van der Waals surface area contributed by atoms with Gasteiger partial charge in [-0.3, -0.25) is 0 Å². The molecule has 0 aliphatic rings. The van der Waals surface area contributed by atoms with Gasteiger partial charge in [0.15, 0.2) is 0 Å². The van der Waals surface area contributed by atoms with Crippen LogP contribution in [0.2, 0.25) is 0 Å². The lowest BCUT2D eigenvalue weighted by atomic mass is 9.85. The van der Waals surface area contributed by atoms with Crippen molar-refractivity contribution in [1.29, 1.82) is 0 Å². The zero-order valence-electron chi connectivity index (χ0n) is 11.0. The number of thiophene rings is 1. The summed E-state index contributed by atoms with van der Waals surface area (Å²) < 4.78 is 1.20. The maximum absolute atomic E-state index is 5.91. The lowest BCUT2D eigenvalue weighted by Gasteiger charge is -2.32. The van der Waals surface area contributed by atoms with Crippen molar-refractivity contribution < 1.29 is 0 Å². The molecule has 1 heterocycles. The highest BCUT2D eigenvalue weighted by atomic mass is 79.9. The first-order chi connectivity index (χ1) is 7.99. The summed E-state index contributed by atoms with van der Waals surface area (Å²) in [7, 11) is 2.18. The Kier molecular flexibility index (Phi) is 6.13. The highest BCUT2D eigenvalue weighted by Crippen LogP contribution is 2.25. The van der Waals surface area contributed by atoms with E-state index in [0.29, 0.717) is 0 Å². The molecule has 0 amide bonds. The van der Waals surface area contributed by atoms with Crippen LogP contribution in [-0.4, -0.2) is 25.0 Å². The molecule has 0 aromatic carbocycles. The largest absolute Gasteiger partial charge is 0.330 e. The van der Waals surface area contributed by atoms with E-state index >= 15 is 0 Å². The van der Waals surface area contributed by atoms with Crippen LogP contribution in [0.15, 0.2) is 15.2 Å². The van der Waals surface area contributed by atoms with Crippen LogP contribution in [0.25, 0.3) is 0 Å². The molecule has 0 aliphatic carbocycles. The molecule has 0 radical (unpaired) electrons. The predicted octanol–water partition coefficient (Wildman–Crippen LogP) is 3.71. The molecule has 1 atom stereocenters. The molecule has 0 bridgehead atoms. The zero-order valence-corrected chi connectivity index (χ0v) is 13.4. The van der Waals surface area contributed by atoms with E-state index in [4.69, 9.17) is 5.73 Å². The molecule has 17 heavy (non-hydrogen) atoms. The number of nitrogens with two attached hydrogens (primary N) is 1. The van der Waals surface area contributed by atoms with Crippen LogP contribution in [0.1, 0.15) is 32.3 Å². The van der Waals surface area contributed by atoms with Crippen LogP contribution in [-0.2, 0) is 6.54 Å². The molecular formula is C13H23BrN2S. The Morgan fingerprint density at radius 3 is 2.71 bits per heavy atom. The average Bonchev–Trinajstić information content (AvgIpc) is 2.64. The molecule has 0 spiro atoms. The van der Waals surface area contributed by atoms with Crippen molar-refractivity contribution in [3.05, 3.63) is 20.8 Å². The second kappa shape index (κ2) is 6.88. The van der Waals surface area contributed by atoms with Gasteiger partial charge in [0, 0.05) is 13.1 Å². The van der Waals surface area contributed by atoms with Crippen molar-refractivity contribution in [2.45, 2.75) is 33.2 Å². The maximum atomic E-state index is 5.91. The van der Waals surface area contributed by atoms with E-state index in [2.05, 4.69) is 53.2 Å². The Hall–Kier alpha value is 0.100. The van der Waals surface area contributed by atoms with E-state index in [9.17, 15) is 0 Å². The van der Waals surface area contributed by atoms with Gasteiger partial charge in [0.05, 0.1) is 3.79 Å². The molecule has 1 rings (SSSR count). The second-order valence-corrected chi connectivity index (χ2v) is 7.49. The van der Waals surface area contributed by atoms with E-state index in [0.717, 1.165) is 19.6 Å². The van der Waals surface area contributed by atoms with Crippen LogP contribution < -0.4 is 5.73 Å². The van der Waals surface area contributed by atoms with Crippen molar-refractivity contribution in [2.24, 2.45) is 11.1 Å². The third-order valence-corrected chi connectivity index (χ3v) is 4.63. The highest BCUT2D eigenvalue weighted by Gasteiger charge is 2.23. The van der Waals surface area contributed by atoms with Gasteiger partial charge in [0.1, 0.15) is 0 Å². The molecule has 0 fully saturated rings. The van der Waals surface area contributed by atoms with E-state index in [1.165, 1.54) is 22.2 Å². The van der Waals surface area contributed by atoms with E-state index in [1.54, 1.807) is 11.3 Å². The van der Waals surface area contributed by atoms with Gasteiger partial charge in [-0.1, -0.05) is 20.3 Å². The van der Waals surface area contributed by atoms with Crippen LogP contribution in [0, 0.1) is 5.41 Å². The summed E-state index contributed by atoms with van der Waals surface area (Å²) in [5.41, 5.74) is 7.53. The minimum absolute atomic E-state index is 0.247. The third-order valence-electron chi connectivity index (χ3n) is 3.07. The maximum Gasteiger partial charge on any atom is 0.0701 e. The minimum Gasteiger partial charge on any atom is -0.330 e. The first-order valence-electron chi connectivity index (χ1n) is 6.10. The third kappa shape index (κ3) is 5.08. The Labute approximate surface area is 117 Å². The molecule has 98 valence electrons. The second-order valence-electron chi connectivity index (χ2n) is 5.20. The SMILES string of the molecule is CCCC(C)(CN)CN(C)Cc1csc(Br)c1. The number of nitrogens with zero attached hydrogens (tertiary/aromatic N) is 1. The van der Waals surface area contributed by atoms with Gasteiger partial charge in [-0.05, 0) is 58.4 Å². The lowest BCUT2D eigenvalue weighted by Crippen LogP contribution is -2.38. The van der Waals surface area contributed by atoms with Crippen LogP contribution in [0.3, 0.4) is 0 Å². The fourth-order valence-corrected chi connectivity index (χ4v) is 3.50. The van der Waals surface area contributed by atoms with Crippen LogP contribution in [0.5, 0.6) is 0 Å². The molecular weight excluding hydrogens is 296 g/mol. The molecule has 1 aromatic rings. The van der Waals surface area contributed by atoms with Crippen molar-refractivity contribution in [3.8, 4) is 0 Å². The normalized spacial score (nSPS) is 15.2. The van der Waals surface area contributed by atoms with Gasteiger partial charge in [0.25, 0.3) is 0 Å². The van der Waals surface area contributed by atoms with Gasteiger partial charge in [-0.2, -0.15) is 0 Å². The van der Waals surface area contributed by atoms with Crippen LogP contribution in [0.4, 0.5) is 0 Å². The van der Waals surface area contributed by atoms with E-state index in [-0.39, 0.29) is 5.41 Å². The summed E-state index contributed by atoms with van der Waals surface area (Å²) >= 11 is 5.25. The summed E-state index contributed by atoms with van der Waals surface area (Å²) in [6, 6.07) is 2.20. The molecule has 0 saturated heterocycles. The quantitative estimate of drug-likeness (QED) is 0.830. The fraction of sp³-hybridized carbons (Fsp3) is 0.692. The molecule has 1 unspecified atom stereocenters. The topological polar surface area (TPSA) is 29.3 Å². The lowest BCUT2D eigenvalue weighted by molar-refractivity contribution is 0.180. The zero-order chi connectivity index (χ0) is 12.9. The summed E-state index contributed by atoms with van der Waals surface area (Å²) in [6.07, 6.45) is 2.40. The molecule has 2 N–H and O–H groups in total. The van der Waals surface area contributed by atoms with E-state index < -0.39 is 0 Å². The average molecular weight is 319 g/mol. The predicted molar refractivity (Wildman–Crippen MR) is 80.4 cm³/mol. The standard InChI is InChI=1S/C13H23BrN2S/c1-4-5-13(2,9-15)10-16(3)7-11-6-12(14)17-8-11/h6,8H,4-5,7,9-10,15H2,1-3H3. The van der Waals surface area contributed by atoms with E-state index in [1.807, 2.05) is 0 Å². The van der Waals surface area contributed by atoms with Crippen LogP contribution >= 0.6 is 27.3 Å². The number of halogens is 1. The number of hydrogen-bond donors (Lipinski definition) is 1. The molecule has 4 heteroatoms. The Bertz CT molecular complexity index is 340. The Morgan fingerprint density at radius 1 is 1.53 bits per heavy atom.